The summed E-state index contributed by atoms with van der Waals surface area (Å²) in [6, 6.07) is 12.5. The molecule has 0 N–H and O–H groups in total. The van der Waals surface area contributed by atoms with E-state index in [0.29, 0.717) is 37.6 Å². The van der Waals surface area contributed by atoms with Crippen molar-refractivity contribution in [3.8, 4) is 11.5 Å². The molecule has 3 aromatic rings. The van der Waals surface area contributed by atoms with Crippen LogP contribution in [0.1, 0.15) is 49.8 Å². The molecule has 0 unspecified atom stereocenters. The topological polar surface area (TPSA) is 68.5 Å². The number of hydrogen-bond acceptors (Lipinski definition) is 5. The van der Waals surface area contributed by atoms with Crippen LogP contribution in [0, 0.1) is 0 Å². The van der Waals surface area contributed by atoms with E-state index in [1.54, 1.807) is 7.05 Å². The number of carbonyl (C=O) groups is 1. The van der Waals surface area contributed by atoms with E-state index < -0.39 is 23.4 Å². The molecule has 1 heterocycles. The molecule has 182 valence electrons. The van der Waals surface area contributed by atoms with Crippen LogP contribution in [0.3, 0.4) is 0 Å². The fourth-order valence-electron chi connectivity index (χ4n) is 3.28. The van der Waals surface area contributed by atoms with E-state index in [-0.39, 0.29) is 0 Å². The van der Waals surface area contributed by atoms with Crippen LogP contribution in [0.5, 0.6) is 0 Å². The molecule has 1 aromatic heterocycles. The van der Waals surface area contributed by atoms with Gasteiger partial charge in [0, 0.05) is 25.6 Å². The quantitative estimate of drug-likeness (QED) is 0.410. The fourth-order valence-corrected chi connectivity index (χ4v) is 3.28. The Hall–Kier alpha value is -3.36. The van der Waals surface area contributed by atoms with E-state index in [9.17, 15) is 18.0 Å². The van der Waals surface area contributed by atoms with Crippen LogP contribution in [0.15, 0.2) is 52.9 Å². The molecule has 2 aromatic carbocycles. The third-order valence-corrected chi connectivity index (χ3v) is 4.98. The van der Waals surface area contributed by atoms with Gasteiger partial charge in [-0.25, -0.2) is 4.79 Å². The first kappa shape index (κ1) is 25.3. The smallest absolute Gasteiger partial charge is 0.416 e. The van der Waals surface area contributed by atoms with Crippen molar-refractivity contribution in [3.63, 3.8) is 0 Å². The van der Waals surface area contributed by atoms with Crippen molar-refractivity contribution >= 4 is 6.09 Å². The third kappa shape index (κ3) is 7.07. The summed E-state index contributed by atoms with van der Waals surface area (Å²) >= 11 is 0. The largest absolute Gasteiger partial charge is 0.444 e. The van der Waals surface area contributed by atoms with E-state index in [0.717, 1.165) is 28.8 Å². The van der Waals surface area contributed by atoms with Crippen LogP contribution in [-0.4, -0.2) is 40.4 Å². The summed E-state index contributed by atoms with van der Waals surface area (Å²) in [4.78, 5) is 13.5. The molecule has 0 saturated heterocycles. The van der Waals surface area contributed by atoms with Gasteiger partial charge in [0.15, 0.2) is 0 Å². The van der Waals surface area contributed by atoms with Gasteiger partial charge in [-0.1, -0.05) is 30.3 Å². The highest BCUT2D eigenvalue weighted by molar-refractivity contribution is 5.67. The molecule has 0 radical (unpaired) electrons. The van der Waals surface area contributed by atoms with Crippen molar-refractivity contribution < 1.29 is 27.1 Å². The van der Waals surface area contributed by atoms with Gasteiger partial charge in [-0.05, 0) is 62.9 Å². The second-order valence-corrected chi connectivity index (χ2v) is 9.04. The summed E-state index contributed by atoms with van der Waals surface area (Å²) in [6.45, 7) is 5.91. The molecule has 0 bridgehead atoms. The Morgan fingerprint density at radius 1 is 1.03 bits per heavy atom. The molecule has 0 aliphatic rings. The molecule has 0 spiro atoms. The van der Waals surface area contributed by atoms with Gasteiger partial charge in [0.2, 0.25) is 11.8 Å². The fraction of sp³-hybridized carbons (Fsp3) is 0.400. The van der Waals surface area contributed by atoms with Gasteiger partial charge in [-0.3, -0.25) is 0 Å². The van der Waals surface area contributed by atoms with Crippen LogP contribution in [0.25, 0.3) is 11.5 Å². The summed E-state index contributed by atoms with van der Waals surface area (Å²) in [7, 11) is 1.67. The van der Waals surface area contributed by atoms with E-state index in [1.807, 2.05) is 45.0 Å². The SMILES string of the molecule is CN(CCCc1nnc(-c2ccccc2Cc2ccc(C(F)(F)F)cc2)o1)C(=O)OC(C)(C)C. The highest BCUT2D eigenvalue weighted by atomic mass is 19.4. The maximum Gasteiger partial charge on any atom is 0.416 e. The number of hydrogen-bond donors (Lipinski definition) is 0. The number of ether oxygens (including phenoxy) is 1. The molecule has 1 amide bonds. The maximum absolute atomic E-state index is 12.8. The number of halogens is 3. The predicted octanol–water partition coefficient (Wildman–Crippen LogP) is 6.15. The van der Waals surface area contributed by atoms with Gasteiger partial charge in [-0.2, -0.15) is 13.2 Å². The van der Waals surface area contributed by atoms with Gasteiger partial charge in [-0.15, -0.1) is 10.2 Å². The Morgan fingerprint density at radius 2 is 1.71 bits per heavy atom. The van der Waals surface area contributed by atoms with Crippen LogP contribution in [0.2, 0.25) is 0 Å². The number of alkyl halides is 3. The van der Waals surface area contributed by atoms with Crippen molar-refractivity contribution in [1.29, 1.82) is 0 Å². The molecule has 0 aliphatic heterocycles. The normalized spacial score (nSPS) is 12.0. The number of amides is 1. The van der Waals surface area contributed by atoms with Gasteiger partial charge in [0.05, 0.1) is 5.56 Å². The van der Waals surface area contributed by atoms with Crippen LogP contribution >= 0.6 is 0 Å². The summed E-state index contributed by atoms with van der Waals surface area (Å²) in [5, 5.41) is 8.25. The third-order valence-electron chi connectivity index (χ3n) is 4.98. The summed E-state index contributed by atoms with van der Waals surface area (Å²) in [5.74, 6) is 0.787. The number of carbonyl (C=O) groups excluding carboxylic acids is 1. The average molecular weight is 476 g/mol. The summed E-state index contributed by atoms with van der Waals surface area (Å²) in [5.41, 5.74) is 1.10. The minimum Gasteiger partial charge on any atom is -0.444 e. The monoisotopic (exact) mass is 475 g/mol. The zero-order chi connectivity index (χ0) is 24.9. The van der Waals surface area contributed by atoms with Gasteiger partial charge < -0.3 is 14.1 Å². The Morgan fingerprint density at radius 3 is 2.35 bits per heavy atom. The minimum atomic E-state index is -4.36. The Balaban J connectivity index is 1.63. The number of nitrogens with zero attached hydrogens (tertiary/aromatic N) is 3. The lowest BCUT2D eigenvalue weighted by atomic mass is 9.99. The molecule has 3 rings (SSSR count). The first-order chi connectivity index (χ1) is 15.9. The molecule has 0 fully saturated rings. The second-order valence-electron chi connectivity index (χ2n) is 9.04. The van der Waals surface area contributed by atoms with Crippen LogP contribution in [-0.2, 0) is 23.8 Å². The van der Waals surface area contributed by atoms with E-state index in [1.165, 1.54) is 17.0 Å². The van der Waals surface area contributed by atoms with Crippen molar-refractivity contribution in [2.24, 2.45) is 0 Å². The highest BCUT2D eigenvalue weighted by Crippen LogP contribution is 2.30. The number of aryl methyl sites for hydroxylation is 1. The molecular formula is C25H28F3N3O3. The Kier molecular flexibility index (Phi) is 7.64. The van der Waals surface area contributed by atoms with E-state index in [4.69, 9.17) is 9.15 Å². The molecule has 34 heavy (non-hydrogen) atoms. The molecular weight excluding hydrogens is 447 g/mol. The van der Waals surface area contributed by atoms with Crippen molar-refractivity contribution in [2.45, 2.75) is 51.8 Å². The lowest BCUT2D eigenvalue weighted by Gasteiger charge is -2.24. The van der Waals surface area contributed by atoms with Gasteiger partial charge in [0.1, 0.15) is 5.60 Å². The predicted molar refractivity (Wildman–Crippen MR) is 121 cm³/mol. The lowest BCUT2D eigenvalue weighted by Crippen LogP contribution is -2.34. The second kappa shape index (κ2) is 10.3. The summed E-state index contributed by atoms with van der Waals surface area (Å²) in [6.07, 6.45) is -3.23. The van der Waals surface area contributed by atoms with E-state index >= 15 is 0 Å². The van der Waals surface area contributed by atoms with E-state index in [2.05, 4.69) is 10.2 Å². The van der Waals surface area contributed by atoms with Crippen molar-refractivity contribution in [1.82, 2.24) is 15.1 Å². The highest BCUT2D eigenvalue weighted by Gasteiger charge is 2.30. The van der Waals surface area contributed by atoms with Gasteiger partial charge in [0.25, 0.3) is 0 Å². The maximum atomic E-state index is 12.8. The number of aromatic nitrogens is 2. The molecule has 9 heteroatoms. The van der Waals surface area contributed by atoms with Crippen molar-refractivity contribution in [3.05, 3.63) is 71.1 Å². The van der Waals surface area contributed by atoms with Crippen molar-refractivity contribution in [2.75, 3.05) is 13.6 Å². The van der Waals surface area contributed by atoms with Crippen LogP contribution < -0.4 is 0 Å². The average Bonchev–Trinajstić information content (AvgIpc) is 3.21. The first-order valence-corrected chi connectivity index (χ1v) is 10.9. The number of rotatable bonds is 7. The minimum absolute atomic E-state index is 0.345. The Labute approximate surface area is 196 Å². The number of benzene rings is 2. The standard InChI is InChI=1S/C25H28F3N3O3/c1-24(2,3)34-23(32)31(4)15-7-10-21-29-30-22(33-21)20-9-6-5-8-18(20)16-17-11-13-19(14-12-17)25(26,27)28/h5-6,8-9,11-14H,7,10,15-16H2,1-4H3. The zero-order valence-electron chi connectivity index (χ0n) is 19.6. The van der Waals surface area contributed by atoms with Gasteiger partial charge >= 0.3 is 12.3 Å². The molecule has 0 saturated carbocycles. The van der Waals surface area contributed by atoms with Crippen LogP contribution in [0.4, 0.5) is 18.0 Å². The first-order valence-electron chi connectivity index (χ1n) is 10.9. The summed E-state index contributed by atoms with van der Waals surface area (Å²) < 4.78 is 49.6. The molecule has 0 atom stereocenters. The zero-order valence-corrected chi connectivity index (χ0v) is 19.6. The molecule has 6 nitrogen and oxygen atoms in total. The molecule has 0 aliphatic carbocycles. The lowest BCUT2D eigenvalue weighted by molar-refractivity contribution is -0.137. The Bertz CT molecular complexity index is 1100.